The van der Waals surface area contributed by atoms with Gasteiger partial charge in [-0.1, -0.05) is 97.4 Å². The zero-order valence-electron chi connectivity index (χ0n) is 30.8. The van der Waals surface area contributed by atoms with Crippen LogP contribution in [0.5, 0.6) is 0 Å². The van der Waals surface area contributed by atoms with Crippen molar-refractivity contribution in [3.63, 3.8) is 0 Å². The molecule has 2 saturated heterocycles. The monoisotopic (exact) mass is 806 g/mol. The number of ether oxygens (including phenoxy) is 2. The molecule has 57 heavy (non-hydrogen) atoms. The van der Waals surface area contributed by atoms with Crippen molar-refractivity contribution in [1.29, 1.82) is 0 Å². The van der Waals surface area contributed by atoms with Crippen LogP contribution in [0.2, 0.25) is 5.02 Å². The molecule has 13 heteroatoms. The van der Waals surface area contributed by atoms with E-state index in [-0.39, 0.29) is 31.3 Å². The Bertz CT molecular complexity index is 2190. The molecular formula is C44H40ClF5N2O5. The maximum Gasteiger partial charge on any atom is 0.257 e. The van der Waals surface area contributed by atoms with E-state index < -0.39 is 52.4 Å². The van der Waals surface area contributed by atoms with Gasteiger partial charge in [0.1, 0.15) is 5.56 Å². The number of carbonyl (C=O) groups excluding carboxylic acids is 1. The molecule has 2 aliphatic rings. The van der Waals surface area contributed by atoms with Gasteiger partial charge in [-0.15, -0.1) is 0 Å². The number of aliphatic hydroxyl groups excluding tert-OH is 1. The van der Waals surface area contributed by atoms with Gasteiger partial charge in [-0.2, -0.15) is 0 Å². The van der Waals surface area contributed by atoms with Crippen LogP contribution < -0.4 is 5.32 Å². The predicted octanol–water partition coefficient (Wildman–Crippen LogP) is 8.90. The lowest BCUT2D eigenvalue weighted by atomic mass is 9.84. The fourth-order valence-electron chi connectivity index (χ4n) is 7.51. The zero-order valence-corrected chi connectivity index (χ0v) is 31.6. The zero-order chi connectivity index (χ0) is 40.4. The van der Waals surface area contributed by atoms with E-state index in [0.29, 0.717) is 43.1 Å². The second kappa shape index (κ2) is 17.0. The molecule has 7 rings (SSSR count). The summed E-state index contributed by atoms with van der Waals surface area (Å²) in [5.74, 6) is -12.6. The first kappa shape index (κ1) is 40.5. The van der Waals surface area contributed by atoms with E-state index in [9.17, 15) is 37.0 Å². The van der Waals surface area contributed by atoms with Gasteiger partial charge in [0.05, 0.1) is 24.4 Å². The highest BCUT2D eigenvalue weighted by Crippen LogP contribution is 2.43. The second-order valence-corrected chi connectivity index (χ2v) is 15.0. The summed E-state index contributed by atoms with van der Waals surface area (Å²) in [6.45, 7) is 3.74. The highest BCUT2D eigenvalue weighted by Gasteiger charge is 2.41. The molecule has 4 atom stereocenters. The maximum atomic E-state index is 14.2. The summed E-state index contributed by atoms with van der Waals surface area (Å²) < 4.78 is 82.5. The number of benzene rings is 5. The normalized spacial score (nSPS) is 21.0. The summed E-state index contributed by atoms with van der Waals surface area (Å²) in [6, 6.07) is 29.5. The van der Waals surface area contributed by atoms with Crippen LogP contribution in [-0.2, 0) is 28.2 Å². The molecule has 1 amide bonds. The van der Waals surface area contributed by atoms with E-state index >= 15 is 0 Å². The standard InChI is InChI=1S/C44H40ClF5N2O5/c1-25-34(23-52-19-17-44(55,18-20-52)32-13-15-33(45)16-14-32)56-43(57-41(25)29-7-5-26(24-53)6-8-29)30-11-9-28(10-12-30)31-4-2-3-27(21-31)22-51-42(54)35-36(46)38(48)40(50)39(49)37(35)47/h2-16,21,25,34,41,43,53,55H,17-20,22-24H2,1H3,(H,51,54)/t25-,34+,41+,43+/m1/s1. The molecule has 0 saturated carbocycles. The van der Waals surface area contributed by atoms with Crippen LogP contribution >= 0.6 is 11.6 Å². The Balaban J connectivity index is 1.06. The summed E-state index contributed by atoms with van der Waals surface area (Å²) >= 11 is 6.08. The summed E-state index contributed by atoms with van der Waals surface area (Å²) in [7, 11) is 0. The molecular weight excluding hydrogens is 767 g/mol. The van der Waals surface area contributed by atoms with Gasteiger partial charge in [-0.3, -0.25) is 4.79 Å². The van der Waals surface area contributed by atoms with Gasteiger partial charge >= 0.3 is 0 Å². The lowest BCUT2D eigenvalue weighted by Gasteiger charge is -2.45. The lowest BCUT2D eigenvalue weighted by Crippen LogP contribution is -2.49. The SMILES string of the molecule is C[C@@H]1[C@H](CN2CCC(O)(c3ccc(Cl)cc3)CC2)O[C@H](c2ccc(-c3cccc(CNC(=O)c4c(F)c(F)c(F)c(F)c4F)c3)cc2)O[C@@H]1c1ccc(CO)cc1. The first-order chi connectivity index (χ1) is 27.3. The number of hydrogen-bond donors (Lipinski definition) is 3. The number of nitrogens with one attached hydrogen (secondary N) is 1. The van der Waals surface area contributed by atoms with Crippen molar-refractivity contribution in [2.75, 3.05) is 19.6 Å². The van der Waals surface area contributed by atoms with Gasteiger partial charge in [0, 0.05) is 42.7 Å². The van der Waals surface area contributed by atoms with Crippen molar-refractivity contribution in [3.8, 4) is 11.1 Å². The molecule has 2 fully saturated rings. The summed E-state index contributed by atoms with van der Waals surface area (Å²) in [6.07, 6.45) is -0.162. The van der Waals surface area contributed by atoms with Crippen LogP contribution in [-0.4, -0.2) is 46.8 Å². The minimum absolute atomic E-state index is 0.0464. The number of nitrogens with zero attached hydrogens (tertiary/aromatic N) is 1. The van der Waals surface area contributed by atoms with Crippen molar-refractivity contribution >= 4 is 17.5 Å². The third-order valence-electron chi connectivity index (χ3n) is 11.0. The maximum absolute atomic E-state index is 14.2. The Labute approximate surface area is 331 Å². The molecule has 0 spiro atoms. The fraction of sp³-hybridized carbons (Fsp3) is 0.295. The number of piperidine rings is 1. The van der Waals surface area contributed by atoms with Crippen LogP contribution in [0.15, 0.2) is 97.1 Å². The molecule has 0 aliphatic carbocycles. The highest BCUT2D eigenvalue weighted by molar-refractivity contribution is 6.30. The number of aliphatic hydroxyl groups is 2. The Morgan fingerprint density at radius 3 is 2.04 bits per heavy atom. The van der Waals surface area contributed by atoms with Crippen LogP contribution in [0, 0.1) is 35.0 Å². The molecule has 7 nitrogen and oxygen atoms in total. The van der Waals surface area contributed by atoms with Gasteiger partial charge in [-0.25, -0.2) is 22.0 Å². The summed E-state index contributed by atoms with van der Waals surface area (Å²) in [5.41, 5.74) is 2.93. The molecule has 0 radical (unpaired) electrons. The van der Waals surface area contributed by atoms with Gasteiger partial charge in [0.25, 0.3) is 5.91 Å². The minimum atomic E-state index is -2.34. The molecule has 0 unspecified atom stereocenters. The number of halogens is 6. The highest BCUT2D eigenvalue weighted by atomic mass is 35.5. The Morgan fingerprint density at radius 1 is 0.789 bits per heavy atom. The van der Waals surface area contributed by atoms with Crippen LogP contribution in [0.3, 0.4) is 0 Å². The first-order valence-electron chi connectivity index (χ1n) is 18.6. The van der Waals surface area contributed by atoms with Crippen LogP contribution in [0.25, 0.3) is 11.1 Å². The fourth-order valence-corrected chi connectivity index (χ4v) is 7.63. The molecule has 5 aromatic carbocycles. The molecule has 298 valence electrons. The quantitative estimate of drug-likeness (QED) is 0.0743. The van der Waals surface area contributed by atoms with Gasteiger partial charge < -0.3 is 29.9 Å². The first-order valence-corrected chi connectivity index (χ1v) is 18.9. The molecule has 3 N–H and O–H groups in total. The van der Waals surface area contributed by atoms with Gasteiger partial charge in [0.2, 0.25) is 5.82 Å². The average molecular weight is 807 g/mol. The van der Waals surface area contributed by atoms with E-state index in [1.54, 1.807) is 30.3 Å². The summed E-state index contributed by atoms with van der Waals surface area (Å²) in [5, 5.41) is 24.0. The van der Waals surface area contributed by atoms with Crippen LogP contribution in [0.1, 0.15) is 70.3 Å². The third-order valence-corrected chi connectivity index (χ3v) is 11.2. The van der Waals surface area contributed by atoms with E-state index in [4.69, 9.17) is 21.1 Å². The number of rotatable bonds is 10. The second-order valence-electron chi connectivity index (χ2n) is 14.6. The van der Waals surface area contributed by atoms with Gasteiger partial charge in [0.15, 0.2) is 29.6 Å². The smallest absolute Gasteiger partial charge is 0.257 e. The number of amides is 1. The number of likely N-dealkylation sites (tertiary alicyclic amines) is 1. The largest absolute Gasteiger partial charge is 0.392 e. The third kappa shape index (κ3) is 8.62. The van der Waals surface area contributed by atoms with Crippen molar-refractivity contribution in [2.24, 2.45) is 5.92 Å². The predicted molar refractivity (Wildman–Crippen MR) is 203 cm³/mol. The molecule has 0 bridgehead atoms. The Morgan fingerprint density at radius 2 is 1.40 bits per heavy atom. The summed E-state index contributed by atoms with van der Waals surface area (Å²) in [4.78, 5) is 14.8. The van der Waals surface area contributed by atoms with E-state index in [0.717, 1.165) is 33.4 Å². The van der Waals surface area contributed by atoms with Crippen LogP contribution in [0.4, 0.5) is 22.0 Å². The molecule has 0 aromatic heterocycles. The number of carbonyl (C=O) groups is 1. The van der Waals surface area contributed by atoms with Crippen molar-refractivity contribution in [2.45, 2.75) is 57.0 Å². The lowest BCUT2D eigenvalue weighted by molar-refractivity contribution is -0.277. The minimum Gasteiger partial charge on any atom is -0.392 e. The van der Waals surface area contributed by atoms with E-state index in [2.05, 4.69) is 17.1 Å². The topological polar surface area (TPSA) is 91.3 Å². The van der Waals surface area contributed by atoms with E-state index in [1.165, 1.54) is 0 Å². The molecule has 5 aromatic rings. The number of hydrogen-bond acceptors (Lipinski definition) is 6. The van der Waals surface area contributed by atoms with Crippen molar-refractivity contribution in [3.05, 3.63) is 165 Å². The van der Waals surface area contributed by atoms with Gasteiger partial charge in [-0.05, 0) is 64.4 Å². The Kier molecular flexibility index (Phi) is 12.1. The van der Waals surface area contributed by atoms with E-state index in [1.807, 2.05) is 66.7 Å². The molecule has 2 aliphatic heterocycles. The average Bonchev–Trinajstić information content (AvgIpc) is 3.23. The van der Waals surface area contributed by atoms with Crippen molar-refractivity contribution in [1.82, 2.24) is 10.2 Å². The molecule has 2 heterocycles. The Hall–Kier alpha value is -4.69. The van der Waals surface area contributed by atoms with Crippen molar-refractivity contribution < 1.29 is 46.4 Å².